The average molecular weight is 302 g/mol. The molecule has 3 N–H and O–H groups in total. The number of rotatable bonds is 3. The Morgan fingerprint density at radius 2 is 2.10 bits per heavy atom. The Hall–Kier alpha value is -2.81. The molecule has 0 bridgehead atoms. The van der Waals surface area contributed by atoms with E-state index in [2.05, 4.69) is 15.0 Å². The van der Waals surface area contributed by atoms with E-state index in [-0.39, 0.29) is 10.6 Å². The second kappa shape index (κ2) is 4.94. The molecule has 1 atom stereocenters. The van der Waals surface area contributed by atoms with Crippen molar-refractivity contribution in [2.45, 2.75) is 6.17 Å². The zero-order chi connectivity index (χ0) is 15.0. The van der Waals surface area contributed by atoms with Crippen LogP contribution in [0, 0.1) is 14.8 Å². The summed E-state index contributed by atoms with van der Waals surface area (Å²) in [5, 5.41) is 11.5. The van der Waals surface area contributed by atoms with Crippen molar-refractivity contribution in [1.82, 2.24) is 19.5 Å². The molecule has 0 aliphatic carbocycles. The second-order valence-corrected chi connectivity index (χ2v) is 4.70. The van der Waals surface area contributed by atoms with Crippen molar-refractivity contribution < 1.29 is 4.92 Å². The Kier molecular flexibility index (Phi) is 3.10. The van der Waals surface area contributed by atoms with Gasteiger partial charge in [-0.25, -0.2) is 9.55 Å². The number of benzene rings is 1. The normalized spacial score (nSPS) is 12.4. The van der Waals surface area contributed by atoms with Crippen LogP contribution in [0.3, 0.4) is 0 Å². The highest BCUT2D eigenvalue weighted by molar-refractivity contribution is 7.71. The van der Waals surface area contributed by atoms with E-state index in [4.69, 9.17) is 18.0 Å². The van der Waals surface area contributed by atoms with Gasteiger partial charge < -0.3 is 10.7 Å². The van der Waals surface area contributed by atoms with Crippen LogP contribution in [0.2, 0.25) is 0 Å². The molecule has 0 spiro atoms. The van der Waals surface area contributed by atoms with E-state index in [0.29, 0.717) is 16.7 Å². The standard InChI is InChI=1S/C12H10N6O2S/c13-12-16-9-8(14-6-15-9)11(21)17(12)10(18(19)20)7-4-2-1-3-5-7/h1-6,10H,(H2,13,16)(H,14,15). The molecule has 106 valence electrons. The van der Waals surface area contributed by atoms with Crippen LogP contribution in [0.25, 0.3) is 11.2 Å². The number of anilines is 1. The third-order valence-corrected chi connectivity index (χ3v) is 3.46. The smallest absolute Gasteiger partial charge is 0.320 e. The fourth-order valence-electron chi connectivity index (χ4n) is 2.14. The van der Waals surface area contributed by atoms with Gasteiger partial charge in [0.15, 0.2) is 5.65 Å². The van der Waals surface area contributed by atoms with Crippen LogP contribution in [-0.2, 0) is 0 Å². The van der Waals surface area contributed by atoms with Gasteiger partial charge in [-0.15, -0.1) is 0 Å². The summed E-state index contributed by atoms with van der Waals surface area (Å²) in [6.45, 7) is 0. The molecule has 0 fully saturated rings. The van der Waals surface area contributed by atoms with Crippen molar-refractivity contribution >= 4 is 29.3 Å². The first-order valence-electron chi connectivity index (χ1n) is 5.99. The van der Waals surface area contributed by atoms with Gasteiger partial charge in [-0.1, -0.05) is 42.5 Å². The van der Waals surface area contributed by atoms with Gasteiger partial charge in [0, 0.05) is 5.56 Å². The number of fused-ring (bicyclic) bond motifs is 1. The third kappa shape index (κ3) is 2.13. The fraction of sp³-hybridized carbons (Fsp3) is 0.0833. The van der Waals surface area contributed by atoms with Crippen LogP contribution in [0.1, 0.15) is 11.7 Å². The minimum Gasteiger partial charge on any atom is -0.369 e. The molecule has 3 aromatic rings. The summed E-state index contributed by atoms with van der Waals surface area (Å²) in [7, 11) is 0. The van der Waals surface area contributed by atoms with Crippen molar-refractivity contribution in [2.24, 2.45) is 0 Å². The number of nitrogens with one attached hydrogen (secondary N) is 1. The number of hydrogen-bond acceptors (Lipinski definition) is 6. The molecule has 2 heterocycles. The zero-order valence-electron chi connectivity index (χ0n) is 10.6. The Bertz CT molecular complexity index is 872. The van der Waals surface area contributed by atoms with E-state index in [1.807, 2.05) is 0 Å². The lowest BCUT2D eigenvalue weighted by Crippen LogP contribution is -2.23. The SMILES string of the molecule is Nc1nc2nc[nH]c2c(=S)n1C(c1ccccc1)[N+](=O)[O-]. The highest BCUT2D eigenvalue weighted by atomic mass is 32.1. The first-order valence-corrected chi connectivity index (χ1v) is 6.40. The van der Waals surface area contributed by atoms with E-state index in [0.717, 1.165) is 0 Å². The van der Waals surface area contributed by atoms with Crippen molar-refractivity contribution in [1.29, 1.82) is 0 Å². The van der Waals surface area contributed by atoms with Crippen LogP contribution >= 0.6 is 12.2 Å². The van der Waals surface area contributed by atoms with Crippen LogP contribution < -0.4 is 5.73 Å². The Balaban J connectivity index is 2.30. The summed E-state index contributed by atoms with van der Waals surface area (Å²) in [6, 6.07) is 8.50. The summed E-state index contributed by atoms with van der Waals surface area (Å²) in [6.07, 6.45) is 0.180. The molecule has 1 aromatic carbocycles. The van der Waals surface area contributed by atoms with Gasteiger partial charge in [0.2, 0.25) is 5.95 Å². The number of nitrogen functional groups attached to an aromatic ring is 1. The summed E-state index contributed by atoms with van der Waals surface area (Å²) in [5.41, 5.74) is 7.10. The van der Waals surface area contributed by atoms with Gasteiger partial charge in [0.05, 0.1) is 11.3 Å². The molecule has 0 saturated carbocycles. The molecule has 3 rings (SSSR count). The summed E-state index contributed by atoms with van der Waals surface area (Å²) in [4.78, 5) is 21.9. The number of imidazole rings is 1. The summed E-state index contributed by atoms with van der Waals surface area (Å²) < 4.78 is 1.41. The van der Waals surface area contributed by atoms with Gasteiger partial charge >= 0.3 is 6.17 Å². The monoisotopic (exact) mass is 302 g/mol. The van der Waals surface area contributed by atoms with Crippen LogP contribution in [0.15, 0.2) is 36.7 Å². The van der Waals surface area contributed by atoms with Gasteiger partial charge in [-0.05, 0) is 0 Å². The van der Waals surface area contributed by atoms with Crippen LogP contribution in [0.5, 0.6) is 0 Å². The van der Waals surface area contributed by atoms with Crippen molar-refractivity contribution in [3.63, 3.8) is 0 Å². The minimum absolute atomic E-state index is 0.0508. The Morgan fingerprint density at radius 1 is 1.38 bits per heavy atom. The van der Waals surface area contributed by atoms with Gasteiger partial charge in [-0.3, -0.25) is 10.1 Å². The number of H-pyrrole nitrogens is 1. The Labute approximate surface area is 123 Å². The van der Waals surface area contributed by atoms with E-state index in [9.17, 15) is 10.1 Å². The maximum Gasteiger partial charge on any atom is 0.320 e. The first kappa shape index (κ1) is 13.2. The van der Waals surface area contributed by atoms with E-state index < -0.39 is 11.1 Å². The molecule has 0 saturated heterocycles. The lowest BCUT2D eigenvalue weighted by molar-refractivity contribution is -0.535. The highest BCUT2D eigenvalue weighted by Gasteiger charge is 2.28. The molecule has 2 aromatic heterocycles. The van der Waals surface area contributed by atoms with Gasteiger partial charge in [-0.2, -0.15) is 4.98 Å². The number of hydrogen-bond donors (Lipinski definition) is 2. The average Bonchev–Trinajstić information content (AvgIpc) is 2.92. The zero-order valence-corrected chi connectivity index (χ0v) is 11.4. The molecule has 9 heteroatoms. The number of nitrogens with two attached hydrogens (primary N) is 1. The van der Waals surface area contributed by atoms with Crippen molar-refractivity contribution in [2.75, 3.05) is 5.73 Å². The van der Waals surface area contributed by atoms with Crippen LogP contribution in [-0.4, -0.2) is 24.4 Å². The lowest BCUT2D eigenvalue weighted by Gasteiger charge is -2.15. The predicted molar refractivity (Wildman–Crippen MR) is 78.7 cm³/mol. The predicted octanol–water partition coefficient (Wildman–Crippen LogP) is 1.89. The molecular formula is C12H10N6O2S. The molecule has 0 aliphatic rings. The fourth-order valence-corrected chi connectivity index (χ4v) is 2.49. The lowest BCUT2D eigenvalue weighted by atomic mass is 10.2. The van der Waals surface area contributed by atoms with E-state index >= 15 is 0 Å². The minimum atomic E-state index is -1.24. The molecule has 0 amide bonds. The molecular weight excluding hydrogens is 292 g/mol. The second-order valence-electron chi connectivity index (χ2n) is 4.32. The summed E-state index contributed by atoms with van der Waals surface area (Å²) in [5.74, 6) is -0.0508. The number of aromatic amines is 1. The third-order valence-electron chi connectivity index (χ3n) is 3.06. The first-order chi connectivity index (χ1) is 10.1. The maximum atomic E-state index is 11.5. The topological polar surface area (TPSA) is 116 Å². The van der Waals surface area contributed by atoms with Crippen molar-refractivity contribution in [3.8, 4) is 0 Å². The number of aromatic nitrogens is 4. The molecule has 1 unspecified atom stereocenters. The van der Waals surface area contributed by atoms with Gasteiger partial charge in [0.1, 0.15) is 10.2 Å². The molecule has 8 nitrogen and oxygen atoms in total. The summed E-state index contributed by atoms with van der Waals surface area (Å²) >= 11 is 5.30. The molecule has 21 heavy (non-hydrogen) atoms. The quantitative estimate of drug-likeness (QED) is 0.433. The largest absolute Gasteiger partial charge is 0.369 e. The van der Waals surface area contributed by atoms with Gasteiger partial charge in [0.25, 0.3) is 0 Å². The number of nitrogens with zero attached hydrogens (tertiary/aromatic N) is 4. The maximum absolute atomic E-state index is 11.5. The Morgan fingerprint density at radius 3 is 2.76 bits per heavy atom. The van der Waals surface area contributed by atoms with Crippen LogP contribution in [0.4, 0.5) is 5.95 Å². The highest BCUT2D eigenvalue weighted by Crippen LogP contribution is 2.24. The van der Waals surface area contributed by atoms with E-state index in [1.165, 1.54) is 10.9 Å². The van der Waals surface area contributed by atoms with Crippen molar-refractivity contribution in [3.05, 3.63) is 57.0 Å². The molecule has 0 radical (unpaired) electrons. The number of nitro groups is 1. The van der Waals surface area contributed by atoms with E-state index in [1.54, 1.807) is 30.3 Å². The molecule has 0 aliphatic heterocycles.